The van der Waals surface area contributed by atoms with Gasteiger partial charge in [0.2, 0.25) is 5.91 Å². The molecular formula is C25H43ClFNO4Si2. The summed E-state index contributed by atoms with van der Waals surface area (Å²) in [7, 11) is -3.00. The predicted molar refractivity (Wildman–Crippen MR) is 143 cm³/mol. The first kappa shape index (κ1) is 29.3. The van der Waals surface area contributed by atoms with Crippen molar-refractivity contribution in [2.75, 3.05) is 33.1 Å². The zero-order valence-electron chi connectivity index (χ0n) is 22.2. The number of hydrogen-bond donors (Lipinski definition) is 0. The molecule has 1 aliphatic rings. The minimum absolute atomic E-state index is 0.0223. The van der Waals surface area contributed by atoms with Gasteiger partial charge in [0.05, 0.1) is 5.02 Å². The van der Waals surface area contributed by atoms with Crippen molar-refractivity contribution in [3.63, 3.8) is 0 Å². The summed E-state index contributed by atoms with van der Waals surface area (Å²) in [6.45, 7) is 20.3. The van der Waals surface area contributed by atoms with Crippen molar-refractivity contribution in [3.8, 4) is 5.75 Å². The molecule has 0 aromatic heterocycles. The van der Waals surface area contributed by atoms with Gasteiger partial charge in [-0.25, -0.2) is 4.39 Å². The Kier molecular flexibility index (Phi) is 10.2. The largest absolute Gasteiger partial charge is 0.467 e. The molecule has 1 aliphatic heterocycles. The lowest BCUT2D eigenvalue weighted by Gasteiger charge is -2.36. The fourth-order valence-corrected chi connectivity index (χ4v) is 5.59. The van der Waals surface area contributed by atoms with E-state index in [2.05, 4.69) is 53.5 Å². The molecule has 34 heavy (non-hydrogen) atoms. The number of rotatable bonds is 12. The van der Waals surface area contributed by atoms with Crippen molar-refractivity contribution >= 4 is 33.9 Å². The first-order chi connectivity index (χ1) is 15.6. The van der Waals surface area contributed by atoms with Crippen LogP contribution >= 0.6 is 11.6 Å². The zero-order valence-corrected chi connectivity index (χ0v) is 25.0. The van der Waals surface area contributed by atoms with Gasteiger partial charge in [0.25, 0.3) is 0 Å². The Morgan fingerprint density at radius 1 is 1.15 bits per heavy atom. The summed E-state index contributed by atoms with van der Waals surface area (Å²) in [5.74, 6) is -0.392. The van der Waals surface area contributed by atoms with Crippen molar-refractivity contribution in [1.29, 1.82) is 0 Å². The summed E-state index contributed by atoms with van der Waals surface area (Å²) in [5, 5.41) is 0.191. The molecule has 1 heterocycles. The number of amides is 1. The van der Waals surface area contributed by atoms with E-state index in [4.69, 9.17) is 25.5 Å². The van der Waals surface area contributed by atoms with Gasteiger partial charge in [0.1, 0.15) is 11.6 Å². The van der Waals surface area contributed by atoms with Gasteiger partial charge in [-0.1, -0.05) is 52.0 Å². The van der Waals surface area contributed by atoms with Crippen LogP contribution in [-0.2, 0) is 14.0 Å². The number of halogens is 2. The molecule has 1 aromatic carbocycles. The van der Waals surface area contributed by atoms with Gasteiger partial charge in [-0.05, 0) is 42.7 Å². The molecule has 5 nitrogen and oxygen atoms in total. The summed E-state index contributed by atoms with van der Waals surface area (Å²) < 4.78 is 32.7. The quantitative estimate of drug-likeness (QED) is 0.167. The molecule has 1 aromatic rings. The van der Waals surface area contributed by atoms with E-state index in [1.54, 1.807) is 11.0 Å². The minimum atomic E-state index is -1.81. The SMILES string of the molecule is CC(C)(C)[Si](C)(C)OCCCN1C[C@@H](c2c(OCOCC[Si](C)(C)C)ccc(Cl)c2F)CC1=O. The third-order valence-corrected chi connectivity index (χ3v) is 13.4. The lowest BCUT2D eigenvalue weighted by Crippen LogP contribution is -2.41. The highest BCUT2D eigenvalue weighted by Crippen LogP contribution is 2.39. The molecule has 1 atom stereocenters. The molecular weight excluding hydrogens is 489 g/mol. The maximum atomic E-state index is 15.1. The number of likely N-dealkylation sites (tertiary alicyclic amines) is 1. The third kappa shape index (κ3) is 8.33. The van der Waals surface area contributed by atoms with E-state index < -0.39 is 22.2 Å². The second kappa shape index (κ2) is 11.9. The van der Waals surface area contributed by atoms with E-state index in [-0.39, 0.29) is 35.1 Å². The smallest absolute Gasteiger partial charge is 0.223 e. The molecule has 1 fully saturated rings. The van der Waals surface area contributed by atoms with Gasteiger partial charge in [-0.3, -0.25) is 4.79 Å². The molecule has 2 rings (SSSR count). The van der Waals surface area contributed by atoms with Gasteiger partial charge in [-0.2, -0.15) is 0 Å². The van der Waals surface area contributed by atoms with E-state index in [0.29, 0.717) is 37.6 Å². The molecule has 1 saturated heterocycles. The van der Waals surface area contributed by atoms with E-state index in [0.717, 1.165) is 12.5 Å². The van der Waals surface area contributed by atoms with Crippen molar-refractivity contribution in [1.82, 2.24) is 4.90 Å². The summed E-state index contributed by atoms with van der Waals surface area (Å²) in [6.07, 6.45) is 1.00. The molecule has 0 bridgehead atoms. The van der Waals surface area contributed by atoms with Crippen molar-refractivity contribution in [2.24, 2.45) is 0 Å². The Morgan fingerprint density at radius 3 is 2.44 bits per heavy atom. The second-order valence-electron chi connectivity index (χ2n) is 12.0. The van der Waals surface area contributed by atoms with Crippen molar-refractivity contribution < 1.29 is 23.1 Å². The van der Waals surface area contributed by atoms with Crippen LogP contribution in [0.5, 0.6) is 5.75 Å². The Balaban J connectivity index is 1.96. The Morgan fingerprint density at radius 2 is 1.82 bits per heavy atom. The standard InChI is InChI=1S/C25H43ClFNO4Si2/c1-25(2,3)34(7,8)32-13-9-12-28-17-19(16-22(28)29)23-21(11-10-20(26)24(23)27)31-18-30-14-15-33(4,5)6/h10-11,19H,9,12-18H2,1-8H3/t19-/m0/s1. The number of ether oxygens (including phenoxy) is 2. The topological polar surface area (TPSA) is 48.0 Å². The molecule has 0 aliphatic carbocycles. The van der Waals surface area contributed by atoms with E-state index >= 15 is 4.39 Å². The van der Waals surface area contributed by atoms with Gasteiger partial charge in [-0.15, -0.1) is 0 Å². The van der Waals surface area contributed by atoms with Crippen LogP contribution in [0.2, 0.25) is 48.8 Å². The second-order valence-corrected chi connectivity index (χ2v) is 22.8. The summed E-state index contributed by atoms with van der Waals surface area (Å²) in [5.41, 5.74) is 0.370. The highest BCUT2D eigenvalue weighted by atomic mass is 35.5. The third-order valence-electron chi connectivity index (χ3n) is 6.85. The molecule has 9 heteroatoms. The summed E-state index contributed by atoms with van der Waals surface area (Å²) >= 11 is 6.08. The Bertz CT molecular complexity index is 839. The van der Waals surface area contributed by atoms with Gasteiger partial charge >= 0.3 is 0 Å². The van der Waals surface area contributed by atoms with Gasteiger partial charge < -0.3 is 18.8 Å². The average Bonchev–Trinajstić information content (AvgIpc) is 3.06. The van der Waals surface area contributed by atoms with E-state index in [1.807, 2.05) is 0 Å². The molecule has 0 N–H and O–H groups in total. The number of carbonyl (C=O) groups is 1. The van der Waals surface area contributed by atoms with E-state index in [1.165, 1.54) is 6.07 Å². The maximum Gasteiger partial charge on any atom is 0.223 e. The zero-order chi connectivity index (χ0) is 25.7. The van der Waals surface area contributed by atoms with Crippen LogP contribution in [0, 0.1) is 5.82 Å². The lowest BCUT2D eigenvalue weighted by atomic mass is 9.96. The van der Waals surface area contributed by atoms with Crippen LogP contribution in [0.15, 0.2) is 12.1 Å². The van der Waals surface area contributed by atoms with Crippen LogP contribution < -0.4 is 4.74 Å². The fraction of sp³-hybridized carbons (Fsp3) is 0.720. The summed E-state index contributed by atoms with van der Waals surface area (Å²) in [4.78, 5) is 14.5. The average molecular weight is 532 g/mol. The number of benzene rings is 1. The van der Waals surface area contributed by atoms with Crippen LogP contribution in [0.3, 0.4) is 0 Å². The number of nitrogens with zero attached hydrogens (tertiary/aromatic N) is 1. The fourth-order valence-electron chi connectivity index (χ4n) is 3.58. The van der Waals surface area contributed by atoms with Crippen LogP contribution in [-0.4, -0.2) is 60.3 Å². The number of hydrogen-bond acceptors (Lipinski definition) is 4. The van der Waals surface area contributed by atoms with Crippen LogP contribution in [0.25, 0.3) is 0 Å². The first-order valence-electron chi connectivity index (χ1n) is 12.2. The molecule has 0 unspecified atom stereocenters. The molecule has 0 radical (unpaired) electrons. The summed E-state index contributed by atoms with van der Waals surface area (Å²) in [6, 6.07) is 4.19. The molecule has 0 spiro atoms. The van der Waals surface area contributed by atoms with Gasteiger partial charge in [0, 0.05) is 52.3 Å². The molecule has 1 amide bonds. The predicted octanol–water partition coefficient (Wildman–Crippen LogP) is 6.90. The van der Waals surface area contributed by atoms with Crippen LogP contribution in [0.4, 0.5) is 4.39 Å². The van der Waals surface area contributed by atoms with Crippen molar-refractivity contribution in [2.45, 2.75) is 83.3 Å². The minimum Gasteiger partial charge on any atom is -0.467 e. The first-order valence-corrected chi connectivity index (χ1v) is 19.2. The Hall–Kier alpha value is -0.936. The molecule has 194 valence electrons. The van der Waals surface area contributed by atoms with Gasteiger partial charge in [0.15, 0.2) is 15.1 Å². The maximum absolute atomic E-state index is 15.1. The Labute approximate surface area is 212 Å². The van der Waals surface area contributed by atoms with Crippen LogP contribution in [0.1, 0.15) is 45.1 Å². The lowest BCUT2D eigenvalue weighted by molar-refractivity contribution is -0.127. The highest BCUT2D eigenvalue weighted by molar-refractivity contribution is 6.76. The highest BCUT2D eigenvalue weighted by Gasteiger charge is 2.37. The van der Waals surface area contributed by atoms with Crippen molar-refractivity contribution in [3.05, 3.63) is 28.5 Å². The normalized spacial score (nSPS) is 17.5. The molecule has 0 saturated carbocycles. The number of carbonyl (C=O) groups excluding carboxylic acids is 1. The monoisotopic (exact) mass is 531 g/mol. The van der Waals surface area contributed by atoms with E-state index in [9.17, 15) is 4.79 Å².